The van der Waals surface area contributed by atoms with E-state index in [0.717, 1.165) is 31.3 Å². The standard InChI is InChI=1S/C20H26O4/c1-12-16(21)17-20(3)14(18(22)24-17)5-4-6-15(20)19(12,2)9-7-13-8-10-23-11-13/h5,8,10-12,15-17,21H,4,6-7,9H2,1-3H3. The third-order valence-electron chi connectivity index (χ3n) is 7.34. The van der Waals surface area contributed by atoms with Crippen LogP contribution in [0.1, 0.15) is 45.6 Å². The number of furan rings is 1. The van der Waals surface area contributed by atoms with E-state index >= 15 is 0 Å². The van der Waals surface area contributed by atoms with Gasteiger partial charge in [-0.15, -0.1) is 0 Å². The fourth-order valence-corrected chi connectivity index (χ4v) is 5.72. The molecular weight excluding hydrogens is 304 g/mol. The Labute approximate surface area is 142 Å². The fraction of sp³-hybridized carbons (Fsp3) is 0.650. The minimum absolute atomic E-state index is 0.0462. The summed E-state index contributed by atoms with van der Waals surface area (Å²) in [6, 6.07) is 2.01. The molecule has 6 unspecified atom stereocenters. The molecule has 4 nitrogen and oxygen atoms in total. The van der Waals surface area contributed by atoms with E-state index in [4.69, 9.17) is 9.15 Å². The molecular formula is C20H26O4. The predicted octanol–water partition coefficient (Wildman–Crippen LogP) is 3.50. The number of ether oxygens (including phenoxy) is 1. The lowest BCUT2D eigenvalue weighted by molar-refractivity contribution is -0.184. The Morgan fingerprint density at radius 2 is 2.17 bits per heavy atom. The number of esters is 1. The molecule has 1 aromatic rings. The van der Waals surface area contributed by atoms with Crippen molar-refractivity contribution in [3.05, 3.63) is 35.8 Å². The summed E-state index contributed by atoms with van der Waals surface area (Å²) in [5, 5.41) is 11.0. The number of allylic oxidation sites excluding steroid dienone is 1. The molecule has 6 atom stereocenters. The van der Waals surface area contributed by atoms with Crippen molar-refractivity contribution < 1.29 is 19.1 Å². The second kappa shape index (κ2) is 5.22. The van der Waals surface area contributed by atoms with E-state index in [0.29, 0.717) is 5.92 Å². The van der Waals surface area contributed by atoms with Crippen LogP contribution in [0.5, 0.6) is 0 Å². The van der Waals surface area contributed by atoms with Crippen molar-refractivity contribution in [2.45, 2.75) is 58.7 Å². The average Bonchev–Trinajstić information content (AvgIpc) is 3.16. The highest BCUT2D eigenvalue weighted by molar-refractivity contribution is 5.93. The molecule has 0 amide bonds. The Bertz CT molecular complexity index is 676. The minimum Gasteiger partial charge on any atom is -0.472 e. The van der Waals surface area contributed by atoms with Crippen LogP contribution in [0, 0.1) is 22.7 Å². The molecule has 1 aliphatic heterocycles. The van der Waals surface area contributed by atoms with Crippen LogP contribution in [0.15, 0.2) is 34.7 Å². The van der Waals surface area contributed by atoms with Gasteiger partial charge in [0.25, 0.3) is 0 Å². The first kappa shape index (κ1) is 15.9. The zero-order valence-electron chi connectivity index (χ0n) is 14.6. The van der Waals surface area contributed by atoms with Gasteiger partial charge in [0.15, 0.2) is 0 Å². The van der Waals surface area contributed by atoms with E-state index in [1.165, 1.54) is 5.56 Å². The topological polar surface area (TPSA) is 59.7 Å². The molecule has 2 heterocycles. The third kappa shape index (κ3) is 1.92. The van der Waals surface area contributed by atoms with Gasteiger partial charge in [0.1, 0.15) is 6.10 Å². The molecule has 3 aliphatic rings. The SMILES string of the molecule is CC1C(O)C2OC(=O)C3=CCCC(C1(C)CCc1ccoc1)C32C. The van der Waals surface area contributed by atoms with Gasteiger partial charge in [-0.05, 0) is 54.6 Å². The van der Waals surface area contributed by atoms with Gasteiger partial charge < -0.3 is 14.3 Å². The Morgan fingerprint density at radius 3 is 2.88 bits per heavy atom. The summed E-state index contributed by atoms with van der Waals surface area (Å²) in [5.41, 5.74) is 1.57. The number of aliphatic hydroxyl groups is 1. The second-order valence-electron chi connectivity index (χ2n) is 8.27. The van der Waals surface area contributed by atoms with Crippen LogP contribution < -0.4 is 0 Å². The molecule has 2 aliphatic carbocycles. The number of hydrogen-bond donors (Lipinski definition) is 1. The summed E-state index contributed by atoms with van der Waals surface area (Å²) in [7, 11) is 0. The zero-order valence-corrected chi connectivity index (χ0v) is 14.6. The first-order valence-electron chi connectivity index (χ1n) is 9.00. The van der Waals surface area contributed by atoms with Crippen LogP contribution in [0.25, 0.3) is 0 Å². The van der Waals surface area contributed by atoms with Crippen LogP contribution in [0.4, 0.5) is 0 Å². The van der Waals surface area contributed by atoms with Crippen molar-refractivity contribution in [1.29, 1.82) is 0 Å². The second-order valence-corrected chi connectivity index (χ2v) is 8.27. The lowest BCUT2D eigenvalue weighted by Gasteiger charge is -2.59. The van der Waals surface area contributed by atoms with Crippen molar-refractivity contribution in [2.24, 2.45) is 22.7 Å². The fourth-order valence-electron chi connectivity index (χ4n) is 5.72. The summed E-state index contributed by atoms with van der Waals surface area (Å²) < 4.78 is 10.8. The van der Waals surface area contributed by atoms with Crippen LogP contribution in [0.2, 0.25) is 0 Å². The predicted molar refractivity (Wildman–Crippen MR) is 89.1 cm³/mol. The maximum Gasteiger partial charge on any atom is 0.334 e. The first-order valence-corrected chi connectivity index (χ1v) is 9.00. The van der Waals surface area contributed by atoms with Gasteiger partial charge >= 0.3 is 5.97 Å². The molecule has 0 spiro atoms. The molecule has 1 aromatic heterocycles. The van der Waals surface area contributed by atoms with Crippen LogP contribution >= 0.6 is 0 Å². The molecule has 1 N–H and O–H groups in total. The van der Waals surface area contributed by atoms with Crippen molar-refractivity contribution in [3.63, 3.8) is 0 Å². The third-order valence-corrected chi connectivity index (χ3v) is 7.34. The molecule has 24 heavy (non-hydrogen) atoms. The van der Waals surface area contributed by atoms with E-state index in [1.54, 1.807) is 12.5 Å². The van der Waals surface area contributed by atoms with Crippen LogP contribution in [-0.4, -0.2) is 23.3 Å². The van der Waals surface area contributed by atoms with Crippen molar-refractivity contribution in [1.82, 2.24) is 0 Å². The summed E-state index contributed by atoms with van der Waals surface area (Å²) in [6.45, 7) is 6.53. The van der Waals surface area contributed by atoms with E-state index in [2.05, 4.69) is 20.8 Å². The molecule has 0 radical (unpaired) electrons. The van der Waals surface area contributed by atoms with E-state index in [1.807, 2.05) is 12.1 Å². The highest BCUT2D eigenvalue weighted by atomic mass is 16.6. The van der Waals surface area contributed by atoms with E-state index in [-0.39, 0.29) is 22.7 Å². The van der Waals surface area contributed by atoms with Gasteiger partial charge in [-0.2, -0.15) is 0 Å². The lowest BCUT2D eigenvalue weighted by Crippen LogP contribution is -2.61. The summed E-state index contributed by atoms with van der Waals surface area (Å²) in [5.74, 6) is 0.196. The van der Waals surface area contributed by atoms with Crippen LogP contribution in [-0.2, 0) is 16.0 Å². The molecule has 4 rings (SSSR count). The van der Waals surface area contributed by atoms with Crippen LogP contribution in [0.3, 0.4) is 0 Å². The quantitative estimate of drug-likeness (QED) is 0.862. The van der Waals surface area contributed by atoms with Crippen molar-refractivity contribution in [3.8, 4) is 0 Å². The van der Waals surface area contributed by atoms with E-state index in [9.17, 15) is 9.90 Å². The number of rotatable bonds is 3. The largest absolute Gasteiger partial charge is 0.472 e. The summed E-state index contributed by atoms with van der Waals surface area (Å²) >= 11 is 0. The highest BCUT2D eigenvalue weighted by Gasteiger charge is 2.67. The smallest absolute Gasteiger partial charge is 0.334 e. The number of carbonyl (C=O) groups excluding carboxylic acids is 1. The van der Waals surface area contributed by atoms with Crippen molar-refractivity contribution >= 4 is 5.97 Å². The van der Waals surface area contributed by atoms with Gasteiger partial charge in [0, 0.05) is 11.0 Å². The van der Waals surface area contributed by atoms with E-state index < -0.39 is 12.2 Å². The normalized spacial score (nSPS) is 44.0. The highest BCUT2D eigenvalue weighted by Crippen LogP contribution is 2.64. The van der Waals surface area contributed by atoms with Gasteiger partial charge in [-0.3, -0.25) is 0 Å². The lowest BCUT2D eigenvalue weighted by atomic mass is 9.45. The summed E-state index contributed by atoms with van der Waals surface area (Å²) in [4.78, 5) is 12.4. The molecule has 0 bridgehead atoms. The Hall–Kier alpha value is -1.55. The zero-order chi connectivity index (χ0) is 17.1. The average molecular weight is 330 g/mol. The monoisotopic (exact) mass is 330 g/mol. The first-order chi connectivity index (χ1) is 11.4. The van der Waals surface area contributed by atoms with Gasteiger partial charge in [0.05, 0.1) is 18.6 Å². The molecule has 4 heteroatoms. The van der Waals surface area contributed by atoms with Gasteiger partial charge in [-0.25, -0.2) is 4.79 Å². The van der Waals surface area contributed by atoms with Gasteiger partial charge in [0.2, 0.25) is 0 Å². The van der Waals surface area contributed by atoms with Gasteiger partial charge in [-0.1, -0.05) is 26.8 Å². The molecule has 130 valence electrons. The maximum absolute atomic E-state index is 12.4. The number of hydrogen-bond acceptors (Lipinski definition) is 4. The number of carbonyl (C=O) groups is 1. The molecule has 2 fully saturated rings. The summed E-state index contributed by atoms with van der Waals surface area (Å²) in [6.07, 6.45) is 8.39. The Balaban J connectivity index is 1.72. The molecule has 1 saturated carbocycles. The Morgan fingerprint density at radius 1 is 1.38 bits per heavy atom. The molecule has 1 saturated heterocycles. The minimum atomic E-state index is -0.617. The number of aliphatic hydroxyl groups excluding tert-OH is 1. The Kier molecular flexibility index (Phi) is 3.47. The number of aryl methyl sites for hydroxylation is 1. The molecule has 0 aromatic carbocycles. The maximum atomic E-state index is 12.4. The van der Waals surface area contributed by atoms with Crippen molar-refractivity contribution in [2.75, 3.05) is 0 Å².